The number of hydrogen-bond donors (Lipinski definition) is 2. The molecule has 2 amide bonds. The molecule has 11 rings (SSSR count). The minimum atomic E-state index is -1.15. The van der Waals surface area contributed by atoms with Gasteiger partial charge in [0.05, 0.1) is 88.8 Å². The molecule has 350 valence electrons. The number of aliphatic hydroxyl groups excluding tert-OH is 2. The lowest BCUT2D eigenvalue weighted by Gasteiger charge is -2.72. The molecule has 3 aromatic rings. The topological polar surface area (TPSA) is 175 Å². The highest BCUT2D eigenvalue weighted by atomic mass is 16.7. The third kappa shape index (κ3) is 7.39. The fraction of sp³-hybridized carbons (Fsp3) is 0.660. The van der Waals surface area contributed by atoms with Gasteiger partial charge in [-0.25, -0.2) is 4.68 Å². The number of Topliss-reactive ketones (excluding diaryl/α,β-unsaturated/α-hetero) is 1. The summed E-state index contributed by atoms with van der Waals surface area (Å²) in [6.45, 7) is 13.9. The van der Waals surface area contributed by atoms with E-state index >= 15 is 0 Å². The summed E-state index contributed by atoms with van der Waals surface area (Å²) < 4.78 is 32.3. The van der Waals surface area contributed by atoms with Crippen LogP contribution in [0.4, 0.5) is 5.69 Å². The van der Waals surface area contributed by atoms with Crippen LogP contribution in [0.5, 0.6) is 0 Å². The lowest BCUT2D eigenvalue weighted by molar-refractivity contribution is -0.402. The van der Waals surface area contributed by atoms with Crippen molar-refractivity contribution < 1.29 is 48.3 Å². The molecule has 65 heavy (non-hydrogen) atoms. The normalized spacial score (nSPS) is 32.4. The van der Waals surface area contributed by atoms with Crippen LogP contribution in [0.25, 0.3) is 10.8 Å². The second-order valence-corrected chi connectivity index (χ2v) is 20.3. The van der Waals surface area contributed by atoms with E-state index in [2.05, 4.69) is 35.6 Å². The summed E-state index contributed by atoms with van der Waals surface area (Å²) in [6, 6.07) is 9.64. The van der Waals surface area contributed by atoms with E-state index in [9.17, 15) is 24.6 Å². The maximum atomic E-state index is 14.0. The highest BCUT2D eigenvalue weighted by Crippen LogP contribution is 2.75. The molecule has 4 bridgehead atoms. The minimum Gasteiger partial charge on any atom is -0.393 e. The Morgan fingerprint density at radius 3 is 2.34 bits per heavy atom. The fourth-order valence-electron chi connectivity index (χ4n) is 13.7. The van der Waals surface area contributed by atoms with E-state index < -0.39 is 47.3 Å². The molecule has 8 aliphatic rings. The predicted octanol–water partition coefficient (Wildman–Crippen LogP) is 5.14. The summed E-state index contributed by atoms with van der Waals surface area (Å²) in [5.41, 5.74) is 1.76. The first-order valence-corrected chi connectivity index (χ1v) is 24.1. The van der Waals surface area contributed by atoms with E-state index in [0.717, 1.165) is 67.3 Å². The molecule has 0 radical (unpaired) electrons. The second kappa shape index (κ2) is 17.9. The van der Waals surface area contributed by atoms with Crippen LogP contribution in [-0.4, -0.2) is 138 Å². The largest absolute Gasteiger partial charge is 0.393 e. The molecule has 4 aliphatic carbocycles. The number of ketones is 1. The van der Waals surface area contributed by atoms with Crippen molar-refractivity contribution in [3.63, 3.8) is 0 Å². The number of benzene rings is 2. The van der Waals surface area contributed by atoms with Gasteiger partial charge in [0.1, 0.15) is 0 Å². The molecule has 3 saturated heterocycles. The average molecular weight is 896 g/mol. The third-order valence-corrected chi connectivity index (χ3v) is 16.5. The van der Waals surface area contributed by atoms with Gasteiger partial charge >= 0.3 is 0 Å². The van der Waals surface area contributed by atoms with Crippen molar-refractivity contribution in [2.24, 2.45) is 34.0 Å². The molecule has 4 aliphatic heterocycles. The monoisotopic (exact) mass is 895 g/mol. The van der Waals surface area contributed by atoms with Gasteiger partial charge in [-0.1, -0.05) is 44.2 Å². The summed E-state index contributed by atoms with van der Waals surface area (Å²) in [5.74, 6) is -1.34. The number of imide groups is 1. The molecule has 15 nitrogen and oxygen atoms in total. The Kier molecular flexibility index (Phi) is 12.3. The molecule has 4 saturated carbocycles. The number of aryl methyl sites for hydroxylation is 1. The van der Waals surface area contributed by atoms with Crippen LogP contribution in [0.3, 0.4) is 0 Å². The van der Waals surface area contributed by atoms with Crippen LogP contribution in [0.15, 0.2) is 48.7 Å². The SMILES string of the molecule is C=C1C(=O)[C@]23C(O)[C@H]1C[C@H](O)[C@H]2C12CCCC(C)(C)[C@H]1C[C@H]3O[C@H]2OCCCc1cn(CCOCCOCCOCCN2C(=O)c3cccc4c(N5CCCCC5)ccc(c34)C2=O)nn1. The third-order valence-electron chi connectivity index (χ3n) is 16.5. The molecular formula is C50H65N5O10. The Labute approximate surface area is 380 Å². The molecule has 7 fully saturated rings. The Morgan fingerprint density at radius 2 is 1.57 bits per heavy atom. The van der Waals surface area contributed by atoms with Crippen molar-refractivity contribution >= 4 is 34.1 Å². The predicted molar refractivity (Wildman–Crippen MR) is 239 cm³/mol. The quantitative estimate of drug-likeness (QED) is 0.0977. The zero-order valence-electron chi connectivity index (χ0n) is 38.0. The van der Waals surface area contributed by atoms with Crippen molar-refractivity contribution in [1.29, 1.82) is 0 Å². The molecule has 2 aromatic carbocycles. The standard InChI is InChI=1S/C50H65N5O10/c1-31-36-28-38(56)42-49-16-9-15-48(2,3)39(49)29-40(50(42,43(31)57)44(36)58)65-47(49)64-21-8-10-32-30-54(52-51-32)19-22-61-24-26-63-27-25-62-23-20-55-45(59)34-12-7-11-33-37(53-17-5-4-6-18-53)14-13-35(41(33)34)46(55)60/h7,11-14,30,36,38-40,42,44,47,56,58H,1,4-6,8-10,15-29H2,2-3H3/t36-,38-,39+,40+,42-,44?,47+,49?,50+/m0/s1. The zero-order chi connectivity index (χ0) is 45.1. The highest BCUT2D eigenvalue weighted by Gasteiger charge is 2.81. The van der Waals surface area contributed by atoms with Gasteiger partial charge in [0.2, 0.25) is 0 Å². The zero-order valence-corrected chi connectivity index (χ0v) is 38.0. The number of aromatic nitrogens is 3. The van der Waals surface area contributed by atoms with Crippen LogP contribution in [0.1, 0.15) is 98.0 Å². The van der Waals surface area contributed by atoms with Gasteiger partial charge in [-0.15, -0.1) is 5.10 Å². The number of nitrogens with zero attached hydrogens (tertiary/aromatic N) is 5. The van der Waals surface area contributed by atoms with Gasteiger partial charge in [0.15, 0.2) is 12.1 Å². The summed E-state index contributed by atoms with van der Waals surface area (Å²) >= 11 is 0. The molecule has 5 heterocycles. The molecule has 2 spiro atoms. The minimum absolute atomic E-state index is 0.0143. The Hall–Kier alpha value is -4.09. The molecule has 2 N–H and O–H groups in total. The van der Waals surface area contributed by atoms with Crippen LogP contribution in [0.2, 0.25) is 0 Å². The number of hydrogen-bond acceptors (Lipinski definition) is 13. The number of aliphatic hydroxyl groups is 2. The van der Waals surface area contributed by atoms with Crippen molar-refractivity contribution in [3.8, 4) is 0 Å². The van der Waals surface area contributed by atoms with E-state index in [0.29, 0.717) is 88.6 Å². The summed E-state index contributed by atoms with van der Waals surface area (Å²) in [7, 11) is 0. The second-order valence-electron chi connectivity index (χ2n) is 20.3. The van der Waals surface area contributed by atoms with Gasteiger partial charge in [0, 0.05) is 64.1 Å². The number of carbonyl (C=O) groups is 3. The molecule has 2 unspecified atom stereocenters. The van der Waals surface area contributed by atoms with Gasteiger partial charge in [-0.05, 0) is 92.9 Å². The fourth-order valence-corrected chi connectivity index (χ4v) is 13.7. The van der Waals surface area contributed by atoms with E-state index in [1.807, 2.05) is 36.5 Å². The molecule has 1 aromatic heterocycles. The van der Waals surface area contributed by atoms with Crippen LogP contribution >= 0.6 is 0 Å². The van der Waals surface area contributed by atoms with Crippen LogP contribution in [-0.2, 0) is 41.4 Å². The molecule has 9 atom stereocenters. The maximum absolute atomic E-state index is 14.0. The van der Waals surface area contributed by atoms with Gasteiger partial charge in [-0.2, -0.15) is 0 Å². The summed E-state index contributed by atoms with van der Waals surface area (Å²) in [5, 5.41) is 33.8. The van der Waals surface area contributed by atoms with E-state index in [1.54, 1.807) is 4.68 Å². The first kappa shape index (κ1) is 44.7. The molecule has 15 heteroatoms. The number of fused-ring (bicyclic) bond motifs is 2. The molecular weight excluding hydrogens is 831 g/mol. The Morgan fingerprint density at radius 1 is 0.846 bits per heavy atom. The number of carbonyl (C=O) groups excluding carboxylic acids is 3. The highest BCUT2D eigenvalue weighted by molar-refractivity contribution is 6.26. The van der Waals surface area contributed by atoms with Crippen molar-refractivity contribution in [2.75, 3.05) is 70.8 Å². The van der Waals surface area contributed by atoms with Gasteiger partial charge < -0.3 is 38.8 Å². The lowest BCUT2D eigenvalue weighted by Crippen LogP contribution is -2.78. The summed E-state index contributed by atoms with van der Waals surface area (Å²) in [4.78, 5) is 44.6. The lowest BCUT2D eigenvalue weighted by atomic mass is 9.37. The van der Waals surface area contributed by atoms with Gasteiger partial charge in [0.25, 0.3) is 11.8 Å². The summed E-state index contributed by atoms with van der Waals surface area (Å²) in [6.07, 6.45) is 7.92. The van der Waals surface area contributed by atoms with Crippen molar-refractivity contribution in [1.82, 2.24) is 19.9 Å². The number of rotatable bonds is 18. The Bertz CT molecular complexity index is 2290. The number of piperidine rings is 1. The first-order valence-electron chi connectivity index (χ1n) is 24.1. The van der Waals surface area contributed by atoms with E-state index in [4.69, 9.17) is 23.7 Å². The van der Waals surface area contributed by atoms with E-state index in [-0.39, 0.29) is 42.1 Å². The van der Waals surface area contributed by atoms with Gasteiger partial charge in [-0.3, -0.25) is 19.3 Å². The Balaban J connectivity index is 0.622. The van der Waals surface area contributed by atoms with E-state index in [1.165, 1.54) is 11.3 Å². The number of amides is 2. The number of anilines is 1. The first-order chi connectivity index (χ1) is 31.5. The average Bonchev–Trinajstić information content (AvgIpc) is 3.80. The van der Waals surface area contributed by atoms with Crippen molar-refractivity contribution in [3.05, 3.63) is 65.5 Å². The number of ether oxygens (including phenoxy) is 5. The van der Waals surface area contributed by atoms with Crippen molar-refractivity contribution in [2.45, 2.75) is 109 Å². The van der Waals surface area contributed by atoms with Crippen LogP contribution < -0.4 is 4.90 Å². The smallest absolute Gasteiger partial charge is 0.261 e. The maximum Gasteiger partial charge on any atom is 0.261 e. The van der Waals surface area contributed by atoms with Crippen LogP contribution in [0, 0.1) is 34.0 Å².